The minimum absolute atomic E-state index is 0.0438. The second kappa shape index (κ2) is 11.9. The maximum absolute atomic E-state index is 12.9. The highest BCUT2D eigenvalue weighted by Gasteiger charge is 2.29. The first-order chi connectivity index (χ1) is 11.8. The molecule has 140 valence electrons. The number of ketones is 1. The van der Waals surface area contributed by atoms with Gasteiger partial charge in [-0.2, -0.15) is 0 Å². The largest absolute Gasteiger partial charge is 0.454 e. The second-order valence-corrected chi connectivity index (χ2v) is 6.75. The van der Waals surface area contributed by atoms with Crippen LogP contribution in [0.5, 0.6) is 0 Å². The lowest BCUT2D eigenvalue weighted by Gasteiger charge is -2.22. The van der Waals surface area contributed by atoms with Crippen LogP contribution >= 0.6 is 9.12 Å². The van der Waals surface area contributed by atoms with Crippen molar-refractivity contribution >= 4 is 20.9 Å². The Hall–Kier alpha value is -1.54. The third kappa shape index (κ3) is 7.48. The monoisotopic (exact) mass is 366 g/mol. The van der Waals surface area contributed by atoms with Gasteiger partial charge in [0.05, 0.1) is 0 Å². The summed E-state index contributed by atoms with van der Waals surface area (Å²) in [4.78, 5) is 24.9. The van der Waals surface area contributed by atoms with Crippen LogP contribution in [0.1, 0.15) is 73.5 Å². The molecule has 0 saturated heterocycles. The van der Waals surface area contributed by atoms with Gasteiger partial charge in [-0.3, -0.25) is 14.2 Å². The molecule has 0 aliphatic rings. The van der Waals surface area contributed by atoms with Crippen LogP contribution in [-0.4, -0.2) is 17.9 Å². The Bertz CT molecular complexity index is 558. The maximum Gasteiger partial charge on any atom is 0.306 e. The van der Waals surface area contributed by atoms with Gasteiger partial charge < -0.3 is 4.74 Å². The number of esters is 1. The molecular weight excluding hydrogens is 335 g/mol. The summed E-state index contributed by atoms with van der Waals surface area (Å²) < 4.78 is 13.6. The fraction of sp³-hybridized carbons (Fsp3) is 0.600. The van der Waals surface area contributed by atoms with Gasteiger partial charge in [0.2, 0.25) is 5.78 Å². The number of carbonyl (C=O) groups excluding carboxylic acids is 2. The first kappa shape index (κ1) is 23.5. The van der Waals surface area contributed by atoms with Gasteiger partial charge in [0, 0.05) is 12.0 Å². The van der Waals surface area contributed by atoms with E-state index in [4.69, 9.17) is 9.30 Å². The summed E-state index contributed by atoms with van der Waals surface area (Å²) in [7, 11) is 1.72. The van der Waals surface area contributed by atoms with Crippen LogP contribution in [-0.2, 0) is 14.1 Å². The van der Waals surface area contributed by atoms with Crippen LogP contribution in [0, 0.1) is 26.7 Å². The lowest BCUT2D eigenvalue weighted by atomic mass is 9.90. The quantitative estimate of drug-likeness (QED) is 0.267. The minimum atomic E-state index is -0.704. The molecule has 0 aliphatic carbocycles. The van der Waals surface area contributed by atoms with Crippen LogP contribution in [0.2, 0.25) is 0 Å². The van der Waals surface area contributed by atoms with E-state index in [1.807, 2.05) is 46.8 Å². The molecule has 1 atom stereocenters. The molecule has 0 N–H and O–H groups in total. The molecule has 0 heterocycles. The molecule has 0 aromatic heterocycles. The van der Waals surface area contributed by atoms with Crippen LogP contribution in [0.15, 0.2) is 12.1 Å². The van der Waals surface area contributed by atoms with Crippen molar-refractivity contribution in [3.8, 4) is 0 Å². The van der Waals surface area contributed by atoms with Crippen LogP contribution < -0.4 is 0 Å². The summed E-state index contributed by atoms with van der Waals surface area (Å²) in [5, 5.41) is 0. The zero-order chi connectivity index (χ0) is 19.6. The van der Waals surface area contributed by atoms with Crippen molar-refractivity contribution in [2.75, 3.05) is 0 Å². The van der Waals surface area contributed by atoms with E-state index in [2.05, 4.69) is 6.92 Å². The van der Waals surface area contributed by atoms with Gasteiger partial charge in [-0.1, -0.05) is 51.3 Å². The van der Waals surface area contributed by atoms with Crippen molar-refractivity contribution in [1.29, 1.82) is 0 Å². The number of aryl methyl sites for hydroxylation is 3. The number of Topliss-reactive ketones (excluding diaryl/α,β-unsaturated/α-hetero) is 1. The predicted octanol–water partition coefficient (Wildman–Crippen LogP) is 5.42. The molecule has 1 unspecified atom stereocenters. The van der Waals surface area contributed by atoms with E-state index in [1.165, 1.54) is 0 Å². The Kier molecular flexibility index (Phi) is 11.2. The molecule has 0 spiro atoms. The Labute approximate surface area is 154 Å². The summed E-state index contributed by atoms with van der Waals surface area (Å²) >= 11 is 0. The zero-order valence-corrected chi connectivity index (χ0v) is 17.3. The van der Waals surface area contributed by atoms with E-state index in [0.29, 0.717) is 12.0 Å². The number of ether oxygens (including phenoxy) is 1. The third-order valence-electron chi connectivity index (χ3n) is 4.03. The van der Waals surface area contributed by atoms with Gasteiger partial charge in [0.15, 0.2) is 6.10 Å². The molecule has 0 aliphatic heterocycles. The van der Waals surface area contributed by atoms with Crippen molar-refractivity contribution in [2.24, 2.45) is 5.92 Å². The number of carbonyl (C=O) groups is 2. The molecule has 0 bridgehead atoms. The second-order valence-electron chi connectivity index (χ2n) is 6.75. The lowest BCUT2D eigenvalue weighted by Crippen LogP contribution is -2.33. The molecule has 1 rings (SSSR count). The smallest absolute Gasteiger partial charge is 0.306 e. The van der Waals surface area contributed by atoms with Gasteiger partial charge in [0.1, 0.15) is 9.12 Å². The first-order valence-corrected chi connectivity index (χ1v) is 9.20. The summed E-state index contributed by atoms with van der Waals surface area (Å²) in [6.45, 7) is 11.8. The van der Waals surface area contributed by atoms with E-state index in [9.17, 15) is 9.59 Å². The fourth-order valence-electron chi connectivity index (χ4n) is 2.92. The molecule has 4 nitrogen and oxygen atoms in total. The van der Waals surface area contributed by atoms with E-state index in [0.717, 1.165) is 36.0 Å². The van der Waals surface area contributed by atoms with E-state index in [1.54, 1.807) is 9.12 Å². The molecule has 0 fully saturated rings. The number of benzene rings is 1. The fourth-order valence-corrected chi connectivity index (χ4v) is 2.92. The van der Waals surface area contributed by atoms with Gasteiger partial charge in [-0.25, -0.2) is 0 Å². The summed E-state index contributed by atoms with van der Waals surface area (Å²) in [6, 6.07) is 4.00. The molecule has 5 heteroatoms. The molecule has 0 saturated carbocycles. The van der Waals surface area contributed by atoms with Crippen molar-refractivity contribution in [1.82, 2.24) is 0 Å². The highest BCUT2D eigenvalue weighted by molar-refractivity contribution is 7.00. The predicted molar refractivity (Wildman–Crippen MR) is 103 cm³/mol. The Balaban J connectivity index is 0.00000277. The van der Waals surface area contributed by atoms with E-state index < -0.39 is 6.10 Å². The van der Waals surface area contributed by atoms with Gasteiger partial charge in [0.25, 0.3) is 0 Å². The number of rotatable bonds is 8. The molecule has 1 aromatic carbocycles. The van der Waals surface area contributed by atoms with Gasteiger partial charge in [-0.15, -0.1) is 0 Å². The molecular formula is C20H31O4P. The van der Waals surface area contributed by atoms with E-state index in [-0.39, 0.29) is 17.7 Å². The van der Waals surface area contributed by atoms with Crippen LogP contribution in [0.4, 0.5) is 0 Å². The van der Waals surface area contributed by atoms with Crippen LogP contribution in [0.25, 0.3) is 0 Å². The Morgan fingerprint density at radius 2 is 1.56 bits per heavy atom. The highest BCUT2D eigenvalue weighted by atomic mass is 31.0. The molecule has 1 aromatic rings. The average Bonchev–Trinajstić information content (AvgIpc) is 2.53. The van der Waals surface area contributed by atoms with E-state index >= 15 is 0 Å². The van der Waals surface area contributed by atoms with Crippen molar-refractivity contribution in [3.63, 3.8) is 0 Å². The number of hydrogen-bond donors (Lipinski definition) is 0. The molecule has 0 amide bonds. The lowest BCUT2D eigenvalue weighted by molar-refractivity contribution is -0.148. The first-order valence-electron chi connectivity index (χ1n) is 8.79. The SMILES string of the molecule is CCCCCC(=O)OC(C(=O)c1c(C)cc(C)cc1C)C(C)C.O=P. The maximum atomic E-state index is 12.9. The summed E-state index contributed by atoms with van der Waals surface area (Å²) in [5.41, 5.74) is 3.71. The number of unbranched alkanes of at least 4 members (excludes halogenated alkanes) is 2. The topological polar surface area (TPSA) is 60.4 Å². The standard InChI is InChI=1S/C20H30O3.HOP/c1-7-8-9-10-17(21)23-20(13(2)3)19(22)18-15(5)11-14(4)12-16(18)6;1-2/h11-13,20H,7-10H2,1-6H3;2H. The summed E-state index contributed by atoms with van der Waals surface area (Å²) in [5.74, 6) is -0.399. The zero-order valence-electron chi connectivity index (χ0n) is 16.3. The summed E-state index contributed by atoms with van der Waals surface area (Å²) in [6.07, 6.45) is 2.56. The third-order valence-corrected chi connectivity index (χ3v) is 4.03. The normalized spacial score (nSPS) is 11.5. The average molecular weight is 366 g/mol. The van der Waals surface area contributed by atoms with Crippen LogP contribution in [0.3, 0.4) is 0 Å². The van der Waals surface area contributed by atoms with Crippen molar-refractivity contribution in [3.05, 3.63) is 34.4 Å². The van der Waals surface area contributed by atoms with Crippen molar-refractivity contribution < 1.29 is 18.9 Å². The number of hydrogen-bond acceptors (Lipinski definition) is 4. The minimum Gasteiger partial charge on any atom is -0.454 e. The molecule has 0 radical (unpaired) electrons. The van der Waals surface area contributed by atoms with Gasteiger partial charge in [-0.05, 0) is 44.2 Å². The highest BCUT2D eigenvalue weighted by Crippen LogP contribution is 2.22. The van der Waals surface area contributed by atoms with Crippen molar-refractivity contribution in [2.45, 2.75) is 73.3 Å². The Morgan fingerprint density at radius 1 is 1.04 bits per heavy atom. The van der Waals surface area contributed by atoms with Gasteiger partial charge >= 0.3 is 5.97 Å². The molecule has 25 heavy (non-hydrogen) atoms. The Morgan fingerprint density at radius 3 is 2.00 bits per heavy atom.